The average Bonchev–Trinajstić information content (AvgIpc) is 3.06. The number of ether oxygens (including phenoxy) is 1. The third-order valence-electron chi connectivity index (χ3n) is 4.58. The van der Waals surface area contributed by atoms with E-state index in [0.717, 1.165) is 17.1 Å². The van der Waals surface area contributed by atoms with Gasteiger partial charge in [0.05, 0.1) is 12.5 Å². The number of carbonyl (C=O) groups is 2. The normalized spacial score (nSPS) is 16.6. The summed E-state index contributed by atoms with van der Waals surface area (Å²) in [5, 5.41) is 0. The second kappa shape index (κ2) is 8.04. The summed E-state index contributed by atoms with van der Waals surface area (Å²) in [6.45, 7) is 5.47. The van der Waals surface area contributed by atoms with Gasteiger partial charge in [-0.05, 0) is 50.2 Å². The Morgan fingerprint density at radius 1 is 1.12 bits per heavy atom. The largest absolute Gasteiger partial charge is 0.494 e. The summed E-state index contributed by atoms with van der Waals surface area (Å²) < 4.78 is 5.44. The third kappa shape index (κ3) is 3.72. The van der Waals surface area contributed by atoms with Gasteiger partial charge in [0.1, 0.15) is 5.75 Å². The van der Waals surface area contributed by atoms with E-state index >= 15 is 0 Å². The zero-order valence-electron chi connectivity index (χ0n) is 15.2. The molecule has 0 saturated carbocycles. The monoisotopic (exact) mass is 352 g/mol. The molecule has 0 aromatic heterocycles. The number of nitrogens with zero attached hydrogens (tertiary/aromatic N) is 2. The Hall–Kier alpha value is -2.82. The topological polar surface area (TPSA) is 49.9 Å². The van der Waals surface area contributed by atoms with E-state index in [2.05, 4.69) is 0 Å². The van der Waals surface area contributed by atoms with Gasteiger partial charge < -0.3 is 14.5 Å². The summed E-state index contributed by atoms with van der Waals surface area (Å²) in [5.41, 5.74) is 1.67. The van der Waals surface area contributed by atoms with E-state index in [1.165, 1.54) is 0 Å². The molecule has 26 heavy (non-hydrogen) atoms. The molecule has 2 aromatic rings. The lowest BCUT2D eigenvalue weighted by molar-refractivity contribution is -0.124. The Morgan fingerprint density at radius 2 is 1.81 bits per heavy atom. The number of anilines is 2. The van der Waals surface area contributed by atoms with Crippen LogP contribution in [0.25, 0.3) is 0 Å². The number of hydrogen-bond acceptors (Lipinski definition) is 3. The molecule has 0 N–H and O–H groups in total. The average molecular weight is 352 g/mol. The van der Waals surface area contributed by atoms with E-state index in [1.807, 2.05) is 68.4 Å². The molecule has 1 unspecified atom stereocenters. The van der Waals surface area contributed by atoms with Crippen molar-refractivity contribution in [3.8, 4) is 5.75 Å². The lowest BCUT2D eigenvalue weighted by atomic mass is 10.1. The van der Waals surface area contributed by atoms with E-state index in [1.54, 1.807) is 9.80 Å². The molecule has 0 aliphatic carbocycles. The van der Waals surface area contributed by atoms with Crippen molar-refractivity contribution in [1.82, 2.24) is 0 Å². The highest BCUT2D eigenvalue weighted by molar-refractivity contribution is 6.04. The molecule has 0 spiro atoms. The number of amides is 2. The molecule has 0 bridgehead atoms. The molecule has 2 amide bonds. The van der Waals surface area contributed by atoms with Gasteiger partial charge in [-0.1, -0.05) is 18.2 Å². The molecular weight excluding hydrogens is 328 g/mol. The Labute approximate surface area is 154 Å². The Kier molecular flexibility index (Phi) is 5.56. The molecule has 136 valence electrons. The highest BCUT2D eigenvalue weighted by Gasteiger charge is 2.37. The Balaban J connectivity index is 1.73. The van der Waals surface area contributed by atoms with Crippen LogP contribution in [0.4, 0.5) is 11.4 Å². The third-order valence-corrected chi connectivity index (χ3v) is 4.58. The molecule has 1 fully saturated rings. The minimum atomic E-state index is -0.325. The van der Waals surface area contributed by atoms with Crippen LogP contribution in [-0.4, -0.2) is 31.5 Å². The van der Waals surface area contributed by atoms with Gasteiger partial charge in [-0.3, -0.25) is 9.59 Å². The van der Waals surface area contributed by atoms with Crippen molar-refractivity contribution < 1.29 is 14.3 Å². The van der Waals surface area contributed by atoms with Crippen molar-refractivity contribution >= 4 is 23.2 Å². The molecular formula is C21H24N2O3. The van der Waals surface area contributed by atoms with E-state index < -0.39 is 0 Å². The second-order valence-electron chi connectivity index (χ2n) is 6.25. The van der Waals surface area contributed by atoms with Crippen molar-refractivity contribution in [3.63, 3.8) is 0 Å². The van der Waals surface area contributed by atoms with Crippen LogP contribution in [0.5, 0.6) is 5.75 Å². The first-order valence-electron chi connectivity index (χ1n) is 9.03. The van der Waals surface area contributed by atoms with Crippen LogP contribution in [0.1, 0.15) is 20.3 Å². The highest BCUT2D eigenvalue weighted by atomic mass is 16.5. The fraction of sp³-hybridized carbons (Fsp3) is 0.333. The summed E-state index contributed by atoms with van der Waals surface area (Å²) >= 11 is 0. The molecule has 5 nitrogen and oxygen atoms in total. The van der Waals surface area contributed by atoms with Crippen molar-refractivity contribution in [2.24, 2.45) is 5.92 Å². The van der Waals surface area contributed by atoms with Gasteiger partial charge in [-0.25, -0.2) is 0 Å². The van der Waals surface area contributed by atoms with Gasteiger partial charge in [0.25, 0.3) is 0 Å². The van der Waals surface area contributed by atoms with Crippen molar-refractivity contribution in [3.05, 3.63) is 54.6 Å². The summed E-state index contributed by atoms with van der Waals surface area (Å²) in [6.07, 6.45) is 0.245. The standard InChI is InChI=1S/C21H24N2O3/c1-3-22(17-8-6-5-7-9-17)21(25)16-14-20(24)23(15-16)18-10-12-19(13-11-18)26-4-2/h5-13,16H,3-4,14-15H2,1-2H3. The van der Waals surface area contributed by atoms with Crippen LogP contribution in [-0.2, 0) is 9.59 Å². The van der Waals surface area contributed by atoms with Gasteiger partial charge in [0.2, 0.25) is 11.8 Å². The van der Waals surface area contributed by atoms with Gasteiger partial charge in [0, 0.05) is 30.9 Å². The first-order valence-corrected chi connectivity index (χ1v) is 9.03. The highest BCUT2D eigenvalue weighted by Crippen LogP contribution is 2.29. The Morgan fingerprint density at radius 3 is 2.42 bits per heavy atom. The van der Waals surface area contributed by atoms with E-state index in [-0.39, 0.29) is 24.2 Å². The lowest BCUT2D eigenvalue weighted by Gasteiger charge is -2.24. The number of hydrogen-bond donors (Lipinski definition) is 0. The maximum absolute atomic E-state index is 13.0. The van der Waals surface area contributed by atoms with E-state index in [0.29, 0.717) is 19.7 Å². The summed E-state index contributed by atoms with van der Waals surface area (Å²) in [5.74, 6) is 0.433. The van der Waals surface area contributed by atoms with Gasteiger partial charge in [-0.2, -0.15) is 0 Å². The molecule has 5 heteroatoms. The smallest absolute Gasteiger partial charge is 0.232 e. The van der Waals surface area contributed by atoms with Crippen LogP contribution in [0, 0.1) is 5.92 Å². The Bertz CT molecular complexity index is 759. The van der Waals surface area contributed by atoms with Crippen LogP contribution in [0.3, 0.4) is 0 Å². The molecule has 0 radical (unpaired) electrons. The van der Waals surface area contributed by atoms with Gasteiger partial charge >= 0.3 is 0 Å². The number of rotatable bonds is 6. The molecule has 3 rings (SSSR count). The summed E-state index contributed by atoms with van der Waals surface area (Å²) in [7, 11) is 0. The predicted octanol–water partition coefficient (Wildman–Crippen LogP) is 3.49. The van der Waals surface area contributed by atoms with Crippen LogP contribution < -0.4 is 14.5 Å². The summed E-state index contributed by atoms with van der Waals surface area (Å²) in [6, 6.07) is 17.0. The first kappa shape index (κ1) is 18.0. The molecule has 1 saturated heterocycles. The predicted molar refractivity (Wildman–Crippen MR) is 103 cm³/mol. The molecule has 1 aliphatic heterocycles. The van der Waals surface area contributed by atoms with Crippen molar-refractivity contribution in [2.75, 3.05) is 29.5 Å². The molecule has 1 atom stereocenters. The molecule has 1 aliphatic rings. The van der Waals surface area contributed by atoms with Crippen LogP contribution >= 0.6 is 0 Å². The van der Waals surface area contributed by atoms with E-state index in [4.69, 9.17) is 4.74 Å². The zero-order valence-corrected chi connectivity index (χ0v) is 15.2. The fourth-order valence-corrected chi connectivity index (χ4v) is 3.31. The summed E-state index contributed by atoms with van der Waals surface area (Å²) in [4.78, 5) is 28.9. The first-order chi connectivity index (χ1) is 12.6. The van der Waals surface area contributed by atoms with Gasteiger partial charge in [0.15, 0.2) is 0 Å². The van der Waals surface area contributed by atoms with E-state index in [9.17, 15) is 9.59 Å². The molecule has 2 aromatic carbocycles. The van der Waals surface area contributed by atoms with Gasteiger partial charge in [-0.15, -0.1) is 0 Å². The maximum atomic E-state index is 13.0. The quantitative estimate of drug-likeness (QED) is 0.800. The number of para-hydroxylation sites is 1. The van der Waals surface area contributed by atoms with Crippen molar-refractivity contribution in [1.29, 1.82) is 0 Å². The lowest BCUT2D eigenvalue weighted by Crippen LogP contribution is -2.37. The minimum absolute atomic E-state index is 0.000450. The zero-order chi connectivity index (χ0) is 18.5. The van der Waals surface area contributed by atoms with Crippen LogP contribution in [0.15, 0.2) is 54.6 Å². The fourth-order valence-electron chi connectivity index (χ4n) is 3.31. The van der Waals surface area contributed by atoms with Crippen LogP contribution in [0.2, 0.25) is 0 Å². The number of benzene rings is 2. The SMILES string of the molecule is CCOc1ccc(N2CC(C(=O)N(CC)c3ccccc3)CC2=O)cc1. The second-order valence-corrected chi connectivity index (χ2v) is 6.25. The maximum Gasteiger partial charge on any atom is 0.232 e. The minimum Gasteiger partial charge on any atom is -0.494 e. The molecule has 1 heterocycles. The van der Waals surface area contributed by atoms with Crippen molar-refractivity contribution in [2.45, 2.75) is 20.3 Å². The number of carbonyl (C=O) groups excluding carboxylic acids is 2.